The van der Waals surface area contributed by atoms with E-state index in [-0.39, 0.29) is 48.8 Å². The molecule has 0 radical (unpaired) electrons. The fourth-order valence-corrected chi connectivity index (χ4v) is 6.51. The van der Waals surface area contributed by atoms with E-state index in [0.29, 0.717) is 40.9 Å². The van der Waals surface area contributed by atoms with Gasteiger partial charge in [0, 0.05) is 22.6 Å². The second-order valence-electron chi connectivity index (χ2n) is 10.8. The van der Waals surface area contributed by atoms with Gasteiger partial charge in [0.15, 0.2) is 11.4 Å². The summed E-state index contributed by atoms with van der Waals surface area (Å²) in [5.41, 5.74) is 2.00. The zero-order valence-electron chi connectivity index (χ0n) is 22.3. The number of ether oxygens (including phenoxy) is 1. The molecule has 3 aromatic heterocycles. The van der Waals surface area contributed by atoms with Gasteiger partial charge in [-0.2, -0.15) is 0 Å². The van der Waals surface area contributed by atoms with E-state index >= 15 is 4.39 Å². The van der Waals surface area contributed by atoms with Gasteiger partial charge in [0.25, 0.3) is 11.5 Å². The minimum Gasteiger partial charge on any atom is -0.458 e. The van der Waals surface area contributed by atoms with E-state index in [4.69, 9.17) is 14.1 Å². The molecule has 5 heterocycles. The molecule has 1 unspecified atom stereocenters. The second kappa shape index (κ2) is 8.82. The summed E-state index contributed by atoms with van der Waals surface area (Å²) in [5, 5.41) is 24.3. The highest BCUT2D eigenvalue weighted by Crippen LogP contribution is 2.46. The molecular weight excluding hydrogens is 533 g/mol. The summed E-state index contributed by atoms with van der Waals surface area (Å²) < 4.78 is 27.2. The number of aryl methyl sites for hydroxylation is 1. The number of aliphatic hydroxyl groups is 2. The number of aliphatic hydroxyl groups excluding tert-OH is 1. The molecule has 7 rings (SSSR count). The van der Waals surface area contributed by atoms with Crippen molar-refractivity contribution in [3.63, 3.8) is 0 Å². The van der Waals surface area contributed by atoms with E-state index in [1.807, 2.05) is 0 Å². The zero-order chi connectivity index (χ0) is 28.8. The van der Waals surface area contributed by atoms with Gasteiger partial charge < -0.3 is 29.3 Å². The number of carbonyl (C=O) groups excluding carboxylic acids is 2. The standard InChI is InChI=1S/C30H26FN3O7/c1-3-30(39)18-8-22-26-16(10-34(22)28(37)17(18)12-40-29(30)38)25-20(33-27(36)23-7-4-14(11-35)41-23)6-5-15-13(2)19(31)9-21(32-26)24(15)25/h4,7-9,20,35,39H,3,5-6,10-12H2,1-2H3,(H,33,36)/t20?,30-/m0/s1. The van der Waals surface area contributed by atoms with E-state index in [2.05, 4.69) is 5.32 Å². The Labute approximate surface area is 232 Å². The summed E-state index contributed by atoms with van der Waals surface area (Å²) >= 11 is 0. The Morgan fingerprint density at radius 1 is 1.24 bits per heavy atom. The Hall–Kier alpha value is -4.35. The molecule has 1 aliphatic carbocycles. The molecule has 210 valence electrons. The number of carbonyl (C=O) groups is 2. The Balaban J connectivity index is 1.44. The number of esters is 1. The van der Waals surface area contributed by atoms with Crippen molar-refractivity contribution in [2.75, 3.05) is 0 Å². The maximum atomic E-state index is 15.1. The van der Waals surface area contributed by atoms with E-state index in [1.165, 1.54) is 22.8 Å². The summed E-state index contributed by atoms with van der Waals surface area (Å²) in [6.45, 7) is 2.91. The van der Waals surface area contributed by atoms with Crippen molar-refractivity contribution in [3.8, 4) is 11.4 Å². The number of pyridine rings is 2. The van der Waals surface area contributed by atoms with Crippen molar-refractivity contribution in [3.05, 3.63) is 85.3 Å². The van der Waals surface area contributed by atoms with Crippen molar-refractivity contribution in [2.45, 2.75) is 64.5 Å². The van der Waals surface area contributed by atoms with Gasteiger partial charge in [-0.05, 0) is 61.1 Å². The molecule has 1 aromatic carbocycles. The number of hydrogen-bond acceptors (Lipinski definition) is 8. The minimum absolute atomic E-state index is 0.0116. The second-order valence-corrected chi connectivity index (χ2v) is 10.8. The summed E-state index contributed by atoms with van der Waals surface area (Å²) in [6, 6.07) is 5.48. The first-order valence-corrected chi connectivity index (χ1v) is 13.5. The number of fused-ring (bicyclic) bond motifs is 5. The maximum Gasteiger partial charge on any atom is 0.343 e. The van der Waals surface area contributed by atoms with Gasteiger partial charge in [-0.1, -0.05) is 6.92 Å². The van der Waals surface area contributed by atoms with Gasteiger partial charge in [-0.3, -0.25) is 9.59 Å². The summed E-state index contributed by atoms with van der Waals surface area (Å²) in [7, 11) is 0. The van der Waals surface area contributed by atoms with Crippen LogP contribution in [0.2, 0.25) is 0 Å². The molecule has 0 spiro atoms. The topological polar surface area (TPSA) is 144 Å². The first-order valence-electron chi connectivity index (χ1n) is 13.5. The predicted octanol–water partition coefficient (Wildman–Crippen LogP) is 3.03. The van der Waals surface area contributed by atoms with Crippen LogP contribution in [0.15, 0.2) is 33.5 Å². The number of amides is 1. The van der Waals surface area contributed by atoms with Gasteiger partial charge in [0.05, 0.1) is 35.1 Å². The Bertz CT molecular complexity index is 1890. The lowest BCUT2D eigenvalue weighted by Crippen LogP contribution is -2.44. The van der Waals surface area contributed by atoms with Gasteiger partial charge in [0.1, 0.15) is 24.8 Å². The minimum atomic E-state index is -1.97. The molecule has 0 bridgehead atoms. The van der Waals surface area contributed by atoms with Gasteiger partial charge >= 0.3 is 5.97 Å². The van der Waals surface area contributed by atoms with Crippen LogP contribution in [0.25, 0.3) is 22.3 Å². The zero-order valence-corrected chi connectivity index (χ0v) is 22.3. The van der Waals surface area contributed by atoms with Crippen LogP contribution in [0.1, 0.15) is 75.5 Å². The summed E-state index contributed by atoms with van der Waals surface area (Å²) in [4.78, 5) is 44.3. The Morgan fingerprint density at radius 3 is 2.78 bits per heavy atom. The highest BCUT2D eigenvalue weighted by Gasteiger charge is 2.46. The lowest BCUT2D eigenvalue weighted by molar-refractivity contribution is -0.172. The molecule has 3 aliphatic rings. The van der Waals surface area contributed by atoms with Crippen molar-refractivity contribution in [1.29, 1.82) is 0 Å². The monoisotopic (exact) mass is 559 g/mol. The van der Waals surface area contributed by atoms with E-state index in [1.54, 1.807) is 19.9 Å². The first kappa shape index (κ1) is 25.6. The van der Waals surface area contributed by atoms with Gasteiger partial charge in [-0.15, -0.1) is 0 Å². The lowest BCUT2D eigenvalue weighted by atomic mass is 9.81. The molecular formula is C30H26FN3O7. The third-order valence-electron chi connectivity index (χ3n) is 8.72. The van der Waals surface area contributed by atoms with Crippen molar-refractivity contribution < 1.29 is 33.3 Å². The normalized spacial score (nSPS) is 20.4. The van der Waals surface area contributed by atoms with Crippen LogP contribution in [0.3, 0.4) is 0 Å². The molecule has 2 atom stereocenters. The lowest BCUT2D eigenvalue weighted by Gasteiger charge is -2.31. The third-order valence-corrected chi connectivity index (χ3v) is 8.72. The number of halogens is 1. The molecule has 0 saturated heterocycles. The van der Waals surface area contributed by atoms with Gasteiger partial charge in [0.2, 0.25) is 0 Å². The van der Waals surface area contributed by atoms with Crippen molar-refractivity contribution in [1.82, 2.24) is 14.9 Å². The van der Waals surface area contributed by atoms with Crippen molar-refractivity contribution >= 4 is 22.8 Å². The average molecular weight is 560 g/mol. The Morgan fingerprint density at radius 2 is 2.05 bits per heavy atom. The van der Waals surface area contributed by atoms with Crippen LogP contribution in [0.5, 0.6) is 0 Å². The van der Waals surface area contributed by atoms with Crippen LogP contribution in [-0.4, -0.2) is 31.6 Å². The Kier molecular flexibility index (Phi) is 5.51. The largest absolute Gasteiger partial charge is 0.458 e. The first-order chi connectivity index (χ1) is 19.7. The highest BCUT2D eigenvalue weighted by atomic mass is 19.1. The number of benzene rings is 1. The number of cyclic esters (lactones) is 1. The summed E-state index contributed by atoms with van der Waals surface area (Å²) in [5.74, 6) is -1.38. The summed E-state index contributed by atoms with van der Waals surface area (Å²) in [6.07, 6.45) is 0.988. The maximum absolute atomic E-state index is 15.1. The predicted molar refractivity (Wildman–Crippen MR) is 142 cm³/mol. The molecule has 2 aliphatic heterocycles. The molecule has 3 N–H and O–H groups in total. The highest BCUT2D eigenvalue weighted by molar-refractivity contribution is 5.96. The van der Waals surface area contributed by atoms with Crippen LogP contribution >= 0.6 is 0 Å². The number of hydrogen-bond donors (Lipinski definition) is 3. The third kappa shape index (κ3) is 3.48. The number of nitrogens with one attached hydrogen (secondary N) is 1. The molecule has 1 amide bonds. The quantitative estimate of drug-likeness (QED) is 0.285. The smallest absolute Gasteiger partial charge is 0.343 e. The van der Waals surface area contributed by atoms with E-state index < -0.39 is 34.9 Å². The fraction of sp³-hybridized carbons (Fsp3) is 0.333. The van der Waals surface area contributed by atoms with Crippen LogP contribution < -0.4 is 10.9 Å². The molecule has 11 heteroatoms. The molecule has 10 nitrogen and oxygen atoms in total. The van der Waals surface area contributed by atoms with Crippen LogP contribution in [0.4, 0.5) is 4.39 Å². The number of aromatic nitrogens is 2. The van der Waals surface area contributed by atoms with Crippen LogP contribution in [-0.2, 0) is 41.3 Å². The average Bonchev–Trinajstić information content (AvgIpc) is 3.60. The number of furan rings is 1. The number of nitrogens with zero attached hydrogens (tertiary/aromatic N) is 2. The molecule has 4 aromatic rings. The van der Waals surface area contributed by atoms with Crippen molar-refractivity contribution in [2.24, 2.45) is 0 Å². The molecule has 0 fully saturated rings. The SMILES string of the molecule is CC[C@@]1(O)C(=O)OCc2c1cc1n(c2=O)Cc2c-1nc1cc(F)c(C)c3c1c2C(NC(=O)c1ccc(CO)o1)CC3. The van der Waals surface area contributed by atoms with Crippen LogP contribution in [0, 0.1) is 12.7 Å². The van der Waals surface area contributed by atoms with E-state index in [0.717, 1.165) is 16.5 Å². The molecule has 41 heavy (non-hydrogen) atoms. The van der Waals surface area contributed by atoms with E-state index in [9.17, 15) is 24.6 Å². The fourth-order valence-electron chi connectivity index (χ4n) is 6.51. The van der Waals surface area contributed by atoms with Gasteiger partial charge in [-0.25, -0.2) is 14.2 Å². The number of rotatable bonds is 4. The molecule has 0 saturated carbocycles.